The maximum atomic E-state index is 14.3. The molecule has 1 unspecified atom stereocenters. The van der Waals surface area contributed by atoms with Crippen molar-refractivity contribution in [3.05, 3.63) is 54.1 Å². The third-order valence-corrected chi connectivity index (χ3v) is 5.25. The minimum atomic E-state index is -2.38. The second-order valence-corrected chi connectivity index (χ2v) is 8.21. The fraction of sp³-hybridized carbons (Fsp3) is 0.481. The highest BCUT2D eigenvalue weighted by Crippen LogP contribution is 2.23. The molecule has 0 aliphatic rings. The lowest BCUT2D eigenvalue weighted by molar-refractivity contribution is -0.158. The Labute approximate surface area is 196 Å². The molecule has 0 saturated heterocycles. The second kappa shape index (κ2) is 13.6. The monoisotopic (exact) mass is 458 g/mol. The Morgan fingerprint density at radius 1 is 0.818 bits per heavy atom. The quantitative estimate of drug-likeness (QED) is 0.238. The predicted molar refractivity (Wildman–Crippen MR) is 127 cm³/mol. The molecule has 5 nitrogen and oxygen atoms in total. The Balaban J connectivity index is 1.83. The first-order chi connectivity index (χ1) is 15.9. The van der Waals surface area contributed by atoms with Crippen LogP contribution in [-0.4, -0.2) is 37.4 Å². The van der Waals surface area contributed by atoms with E-state index in [1.54, 1.807) is 31.2 Å². The van der Waals surface area contributed by atoms with E-state index in [9.17, 15) is 14.0 Å². The SMILES string of the molecule is CCCCCCCCOc1ccc(-c2ccc(C(=O)OCC(C)(F)C(=O)OCC)cc2)cc1. The number of alkyl halides is 1. The van der Waals surface area contributed by atoms with Crippen molar-refractivity contribution in [2.24, 2.45) is 0 Å². The minimum absolute atomic E-state index is 0.0555. The smallest absolute Gasteiger partial charge is 0.347 e. The number of hydrogen-bond donors (Lipinski definition) is 0. The van der Waals surface area contributed by atoms with Crippen LogP contribution in [0.1, 0.15) is 69.7 Å². The summed E-state index contributed by atoms with van der Waals surface area (Å²) < 4.78 is 29.7. The fourth-order valence-electron chi connectivity index (χ4n) is 3.24. The summed E-state index contributed by atoms with van der Waals surface area (Å²) in [7, 11) is 0. The molecule has 2 aromatic rings. The first-order valence-electron chi connectivity index (χ1n) is 11.7. The Morgan fingerprint density at radius 2 is 1.39 bits per heavy atom. The van der Waals surface area contributed by atoms with Gasteiger partial charge in [0.25, 0.3) is 0 Å². The molecule has 6 heteroatoms. The van der Waals surface area contributed by atoms with Gasteiger partial charge < -0.3 is 14.2 Å². The molecule has 0 heterocycles. The molecule has 0 bridgehead atoms. The van der Waals surface area contributed by atoms with Crippen molar-refractivity contribution in [3.8, 4) is 16.9 Å². The van der Waals surface area contributed by atoms with Gasteiger partial charge in [-0.25, -0.2) is 14.0 Å². The van der Waals surface area contributed by atoms with Crippen molar-refractivity contribution in [2.75, 3.05) is 19.8 Å². The molecule has 33 heavy (non-hydrogen) atoms. The fourth-order valence-corrected chi connectivity index (χ4v) is 3.24. The Bertz CT molecular complexity index is 859. The van der Waals surface area contributed by atoms with Crippen LogP contribution in [0.15, 0.2) is 48.5 Å². The summed E-state index contributed by atoms with van der Waals surface area (Å²) in [6.07, 6.45) is 7.37. The van der Waals surface area contributed by atoms with Crippen molar-refractivity contribution in [1.29, 1.82) is 0 Å². The van der Waals surface area contributed by atoms with Crippen LogP contribution < -0.4 is 4.74 Å². The van der Waals surface area contributed by atoms with Gasteiger partial charge in [-0.1, -0.05) is 63.3 Å². The lowest BCUT2D eigenvalue weighted by Crippen LogP contribution is -2.38. The van der Waals surface area contributed by atoms with Crippen LogP contribution in [0.3, 0.4) is 0 Å². The van der Waals surface area contributed by atoms with E-state index in [0.29, 0.717) is 0 Å². The summed E-state index contributed by atoms with van der Waals surface area (Å²) in [5, 5.41) is 0. The standard InChI is InChI=1S/C27H35FO5/c1-4-6-7-8-9-10-19-32-24-17-15-22(16-18-24)21-11-13-23(14-12-21)25(29)33-20-27(3,28)26(30)31-5-2/h11-18H,4-10,19-20H2,1-3H3. The zero-order valence-electron chi connectivity index (χ0n) is 19.9. The van der Waals surface area contributed by atoms with Crippen LogP contribution in [0.4, 0.5) is 4.39 Å². The molecule has 0 aliphatic carbocycles. The predicted octanol–water partition coefficient (Wildman–Crippen LogP) is 6.54. The molecule has 0 saturated carbocycles. The van der Waals surface area contributed by atoms with E-state index in [1.807, 2.05) is 24.3 Å². The highest BCUT2D eigenvalue weighted by Gasteiger charge is 2.36. The lowest BCUT2D eigenvalue weighted by Gasteiger charge is -2.18. The maximum Gasteiger partial charge on any atom is 0.347 e. The number of hydrogen-bond acceptors (Lipinski definition) is 5. The summed E-state index contributed by atoms with van der Waals surface area (Å²) in [6.45, 7) is 4.90. The van der Waals surface area contributed by atoms with Gasteiger partial charge in [0.1, 0.15) is 12.4 Å². The van der Waals surface area contributed by atoms with Gasteiger partial charge in [0, 0.05) is 0 Å². The Hall–Kier alpha value is -2.89. The zero-order valence-corrected chi connectivity index (χ0v) is 19.9. The summed E-state index contributed by atoms with van der Waals surface area (Å²) >= 11 is 0. The van der Waals surface area contributed by atoms with E-state index in [0.717, 1.165) is 36.8 Å². The third kappa shape index (κ3) is 8.87. The van der Waals surface area contributed by atoms with Crippen molar-refractivity contribution in [3.63, 3.8) is 0 Å². The van der Waals surface area contributed by atoms with Gasteiger partial charge in [0.2, 0.25) is 5.67 Å². The maximum absolute atomic E-state index is 14.3. The number of ether oxygens (including phenoxy) is 3. The van der Waals surface area contributed by atoms with Gasteiger partial charge >= 0.3 is 11.9 Å². The molecular formula is C27H35FO5. The average Bonchev–Trinajstić information content (AvgIpc) is 2.82. The average molecular weight is 459 g/mol. The van der Waals surface area contributed by atoms with Crippen LogP contribution in [0, 0.1) is 0 Å². The summed E-state index contributed by atoms with van der Waals surface area (Å²) in [4.78, 5) is 23.8. The van der Waals surface area contributed by atoms with Crippen molar-refractivity contribution in [2.45, 2.75) is 65.0 Å². The molecule has 0 spiro atoms. The molecule has 0 N–H and O–H groups in total. The number of unbranched alkanes of at least 4 members (excludes halogenated alkanes) is 5. The Kier molecular flexibility index (Phi) is 10.9. The van der Waals surface area contributed by atoms with Gasteiger partial charge in [0.05, 0.1) is 18.8 Å². The van der Waals surface area contributed by atoms with Crippen LogP contribution in [0.5, 0.6) is 5.75 Å². The minimum Gasteiger partial charge on any atom is -0.494 e. The molecule has 0 fully saturated rings. The number of carbonyl (C=O) groups is 2. The number of benzene rings is 2. The first-order valence-corrected chi connectivity index (χ1v) is 11.7. The van der Waals surface area contributed by atoms with E-state index in [1.165, 1.54) is 32.1 Å². The van der Waals surface area contributed by atoms with E-state index in [2.05, 4.69) is 11.7 Å². The molecule has 0 radical (unpaired) electrons. The normalized spacial score (nSPS) is 12.6. The van der Waals surface area contributed by atoms with Crippen molar-refractivity contribution in [1.82, 2.24) is 0 Å². The summed E-state index contributed by atoms with van der Waals surface area (Å²) in [6, 6.07) is 14.6. The van der Waals surface area contributed by atoms with Crippen molar-refractivity contribution < 1.29 is 28.2 Å². The summed E-state index contributed by atoms with van der Waals surface area (Å²) in [5.41, 5.74) is -0.196. The molecular weight excluding hydrogens is 423 g/mol. The molecule has 0 aromatic heterocycles. The van der Waals surface area contributed by atoms with E-state index < -0.39 is 24.2 Å². The van der Waals surface area contributed by atoms with E-state index >= 15 is 0 Å². The molecule has 2 aromatic carbocycles. The number of esters is 2. The van der Waals surface area contributed by atoms with Gasteiger partial charge in [-0.3, -0.25) is 0 Å². The van der Waals surface area contributed by atoms with Crippen LogP contribution in [-0.2, 0) is 14.3 Å². The van der Waals surface area contributed by atoms with Gasteiger partial charge in [-0.05, 0) is 55.7 Å². The largest absolute Gasteiger partial charge is 0.494 e. The molecule has 0 amide bonds. The van der Waals surface area contributed by atoms with Gasteiger partial charge in [0.15, 0.2) is 0 Å². The highest BCUT2D eigenvalue weighted by atomic mass is 19.1. The third-order valence-electron chi connectivity index (χ3n) is 5.25. The van der Waals surface area contributed by atoms with Crippen LogP contribution in [0.25, 0.3) is 11.1 Å². The molecule has 1 atom stereocenters. The highest BCUT2D eigenvalue weighted by molar-refractivity contribution is 5.90. The molecule has 0 aliphatic heterocycles. The number of halogens is 1. The Morgan fingerprint density at radius 3 is 2.00 bits per heavy atom. The molecule has 180 valence electrons. The van der Waals surface area contributed by atoms with Crippen LogP contribution in [0.2, 0.25) is 0 Å². The second-order valence-electron chi connectivity index (χ2n) is 8.21. The van der Waals surface area contributed by atoms with E-state index in [-0.39, 0.29) is 12.2 Å². The van der Waals surface area contributed by atoms with Gasteiger partial charge in [-0.2, -0.15) is 0 Å². The van der Waals surface area contributed by atoms with E-state index in [4.69, 9.17) is 9.47 Å². The van der Waals surface area contributed by atoms with Crippen LogP contribution >= 0.6 is 0 Å². The topological polar surface area (TPSA) is 61.8 Å². The number of carbonyl (C=O) groups excluding carboxylic acids is 2. The van der Waals surface area contributed by atoms with Crippen molar-refractivity contribution >= 4 is 11.9 Å². The first kappa shape index (κ1) is 26.4. The lowest BCUT2D eigenvalue weighted by atomic mass is 10.0. The summed E-state index contributed by atoms with van der Waals surface area (Å²) in [5.74, 6) is -0.913. The molecule has 2 rings (SSSR count). The zero-order chi connectivity index (χ0) is 24.1. The number of rotatable bonds is 14. The van der Waals surface area contributed by atoms with Gasteiger partial charge in [-0.15, -0.1) is 0 Å².